The number of benzene rings is 1. The molecule has 1 aromatic carbocycles. The van der Waals surface area contributed by atoms with Gasteiger partial charge >= 0.3 is 0 Å². The summed E-state index contributed by atoms with van der Waals surface area (Å²) in [4.78, 5) is 2.32. The number of nitrogens with zero attached hydrogens (tertiary/aromatic N) is 1. The second kappa shape index (κ2) is 8.51. The first-order chi connectivity index (χ1) is 10.6. The third kappa shape index (κ3) is 3.91. The molecule has 132 valence electrons. The Bertz CT molecular complexity index is 704. The van der Waals surface area contributed by atoms with Gasteiger partial charge in [-0.2, -0.15) is 0 Å². The van der Waals surface area contributed by atoms with Crippen LogP contribution in [0.3, 0.4) is 0 Å². The monoisotopic (exact) mass is 387 g/mol. The van der Waals surface area contributed by atoms with E-state index in [-0.39, 0.29) is 24.8 Å². The van der Waals surface area contributed by atoms with Gasteiger partial charge in [-0.3, -0.25) is 0 Å². The van der Waals surface area contributed by atoms with Crippen molar-refractivity contribution in [2.45, 2.75) is 26.3 Å². The first-order valence-electron chi connectivity index (χ1n) is 7.41. The van der Waals surface area contributed by atoms with Crippen molar-refractivity contribution in [1.82, 2.24) is 0 Å². The number of nitrogens with two attached hydrogens (primary N) is 1. The standard InChI is InChI=1S/C17H21N3OS.2ClH/c1-4-14(20(3)16-6-5-9-22-16)12-7-8-15-13(10-12)19-17(18)11(2)21-15;;/h5-10,14,19H,4,18H2,1-3H3;2*1H. The van der Waals surface area contributed by atoms with Gasteiger partial charge in [-0.15, -0.1) is 36.2 Å². The third-order valence-corrected chi connectivity index (χ3v) is 4.97. The lowest BCUT2D eigenvalue weighted by atomic mass is 10.0. The van der Waals surface area contributed by atoms with E-state index in [1.54, 1.807) is 11.3 Å². The number of halogens is 2. The highest BCUT2D eigenvalue weighted by molar-refractivity contribution is 7.14. The maximum absolute atomic E-state index is 5.92. The van der Waals surface area contributed by atoms with Crippen LogP contribution in [-0.4, -0.2) is 7.05 Å². The molecule has 7 heteroatoms. The van der Waals surface area contributed by atoms with Crippen molar-refractivity contribution in [3.8, 4) is 5.75 Å². The van der Waals surface area contributed by atoms with Crippen LogP contribution in [0.2, 0.25) is 0 Å². The van der Waals surface area contributed by atoms with E-state index in [0.717, 1.165) is 17.9 Å². The van der Waals surface area contributed by atoms with E-state index in [4.69, 9.17) is 10.5 Å². The molecule has 0 saturated carbocycles. The lowest BCUT2D eigenvalue weighted by Crippen LogP contribution is -2.23. The molecule has 2 aromatic rings. The van der Waals surface area contributed by atoms with Crippen molar-refractivity contribution in [2.24, 2.45) is 5.73 Å². The van der Waals surface area contributed by atoms with E-state index in [1.807, 2.05) is 13.0 Å². The Morgan fingerprint density at radius 2 is 2.04 bits per heavy atom. The molecule has 0 spiro atoms. The lowest BCUT2D eigenvalue weighted by molar-refractivity contribution is 0.415. The molecular weight excluding hydrogens is 365 g/mol. The number of fused-ring (bicyclic) bond motifs is 1. The minimum Gasteiger partial charge on any atom is -0.456 e. The first kappa shape index (κ1) is 20.5. The van der Waals surface area contributed by atoms with Gasteiger partial charge in [0, 0.05) is 7.05 Å². The van der Waals surface area contributed by atoms with Crippen LogP contribution in [-0.2, 0) is 0 Å². The van der Waals surface area contributed by atoms with Crippen molar-refractivity contribution in [3.05, 3.63) is 52.9 Å². The van der Waals surface area contributed by atoms with Crippen molar-refractivity contribution >= 4 is 46.8 Å². The fourth-order valence-corrected chi connectivity index (χ4v) is 3.50. The second-order valence-corrected chi connectivity index (χ2v) is 6.36. The summed E-state index contributed by atoms with van der Waals surface area (Å²) >= 11 is 1.76. The van der Waals surface area contributed by atoms with E-state index >= 15 is 0 Å². The number of hydrogen-bond donors (Lipinski definition) is 2. The Morgan fingerprint density at radius 3 is 2.67 bits per heavy atom. The fourth-order valence-electron chi connectivity index (χ4n) is 2.75. The van der Waals surface area contributed by atoms with E-state index in [9.17, 15) is 0 Å². The van der Waals surface area contributed by atoms with Crippen LogP contribution < -0.4 is 20.7 Å². The SMILES string of the molecule is CCC(c1ccc2c(c1)NC(N)=C(C)O2)N(C)c1cccs1.Cl.Cl. The molecule has 0 amide bonds. The summed E-state index contributed by atoms with van der Waals surface area (Å²) in [7, 11) is 2.14. The average Bonchev–Trinajstić information content (AvgIpc) is 3.03. The zero-order chi connectivity index (χ0) is 15.7. The minimum atomic E-state index is 0. The zero-order valence-electron chi connectivity index (χ0n) is 13.9. The summed E-state index contributed by atoms with van der Waals surface area (Å²) in [6, 6.07) is 10.8. The van der Waals surface area contributed by atoms with Gasteiger partial charge in [0.05, 0.1) is 16.7 Å². The van der Waals surface area contributed by atoms with Gasteiger partial charge in [-0.05, 0) is 48.6 Å². The largest absolute Gasteiger partial charge is 0.456 e. The molecule has 1 aromatic heterocycles. The van der Waals surface area contributed by atoms with Crippen LogP contribution in [0.4, 0.5) is 10.7 Å². The summed E-state index contributed by atoms with van der Waals surface area (Å²) in [6.07, 6.45) is 1.03. The highest BCUT2D eigenvalue weighted by Gasteiger charge is 2.20. The maximum Gasteiger partial charge on any atom is 0.150 e. The summed E-state index contributed by atoms with van der Waals surface area (Å²) in [5.41, 5.74) is 8.10. The molecule has 0 fully saturated rings. The Labute approximate surface area is 159 Å². The van der Waals surface area contributed by atoms with Crippen molar-refractivity contribution in [2.75, 3.05) is 17.3 Å². The number of allylic oxidation sites excluding steroid dienone is 1. The van der Waals surface area contributed by atoms with E-state index in [2.05, 4.69) is 53.8 Å². The van der Waals surface area contributed by atoms with Crippen LogP contribution in [0, 0.1) is 0 Å². The van der Waals surface area contributed by atoms with E-state index in [1.165, 1.54) is 10.6 Å². The Kier molecular flexibility index (Phi) is 7.27. The topological polar surface area (TPSA) is 50.5 Å². The van der Waals surface area contributed by atoms with E-state index in [0.29, 0.717) is 17.6 Å². The molecule has 1 aliphatic heterocycles. The molecule has 1 atom stereocenters. The zero-order valence-corrected chi connectivity index (χ0v) is 16.4. The average molecular weight is 388 g/mol. The molecule has 3 rings (SSSR count). The van der Waals surface area contributed by atoms with Gasteiger partial charge in [0.1, 0.15) is 11.6 Å². The molecule has 24 heavy (non-hydrogen) atoms. The number of anilines is 2. The van der Waals surface area contributed by atoms with Gasteiger partial charge in [-0.1, -0.05) is 13.0 Å². The number of hydrogen-bond acceptors (Lipinski definition) is 5. The highest BCUT2D eigenvalue weighted by Crippen LogP contribution is 2.37. The highest BCUT2D eigenvalue weighted by atomic mass is 35.5. The Morgan fingerprint density at radius 1 is 1.29 bits per heavy atom. The molecule has 1 unspecified atom stereocenters. The number of nitrogens with one attached hydrogen (secondary N) is 1. The molecule has 1 aliphatic rings. The van der Waals surface area contributed by atoms with Gasteiger partial charge in [0.2, 0.25) is 0 Å². The van der Waals surface area contributed by atoms with Crippen LogP contribution in [0.1, 0.15) is 31.9 Å². The number of rotatable bonds is 4. The number of thiophene rings is 1. The van der Waals surface area contributed by atoms with Crippen LogP contribution >= 0.6 is 36.2 Å². The van der Waals surface area contributed by atoms with E-state index < -0.39 is 0 Å². The molecule has 2 heterocycles. The second-order valence-electron chi connectivity index (χ2n) is 5.44. The molecule has 3 N–H and O–H groups in total. The molecule has 0 aliphatic carbocycles. The summed E-state index contributed by atoms with van der Waals surface area (Å²) in [5, 5.41) is 6.59. The fraction of sp³-hybridized carbons (Fsp3) is 0.294. The van der Waals surface area contributed by atoms with Crippen molar-refractivity contribution < 1.29 is 4.74 Å². The van der Waals surface area contributed by atoms with Crippen LogP contribution in [0.15, 0.2) is 47.3 Å². The quantitative estimate of drug-likeness (QED) is 0.762. The minimum absolute atomic E-state index is 0. The summed E-state index contributed by atoms with van der Waals surface area (Å²) in [5.74, 6) is 2.11. The molecule has 4 nitrogen and oxygen atoms in total. The first-order valence-corrected chi connectivity index (χ1v) is 8.29. The van der Waals surface area contributed by atoms with Gasteiger partial charge in [-0.25, -0.2) is 0 Å². The number of ether oxygens (including phenoxy) is 1. The van der Waals surface area contributed by atoms with Gasteiger partial charge < -0.3 is 20.7 Å². The molecule has 0 radical (unpaired) electrons. The predicted octanol–water partition coefficient (Wildman–Crippen LogP) is 5.13. The normalized spacial score (nSPS) is 13.6. The molecular formula is C17H23Cl2N3OS. The van der Waals surface area contributed by atoms with Crippen LogP contribution in [0.5, 0.6) is 5.75 Å². The predicted molar refractivity (Wildman–Crippen MR) is 108 cm³/mol. The Balaban J connectivity index is 0.00000144. The van der Waals surface area contributed by atoms with Crippen molar-refractivity contribution in [3.63, 3.8) is 0 Å². The third-order valence-electron chi connectivity index (χ3n) is 4.01. The smallest absolute Gasteiger partial charge is 0.150 e. The Hall–Kier alpha value is -1.56. The van der Waals surface area contributed by atoms with Crippen molar-refractivity contribution in [1.29, 1.82) is 0 Å². The molecule has 0 bridgehead atoms. The maximum atomic E-state index is 5.92. The van der Waals surface area contributed by atoms with Gasteiger partial charge in [0.25, 0.3) is 0 Å². The summed E-state index contributed by atoms with van der Waals surface area (Å²) in [6.45, 7) is 4.06. The van der Waals surface area contributed by atoms with Gasteiger partial charge in [0.15, 0.2) is 5.75 Å². The lowest BCUT2D eigenvalue weighted by Gasteiger charge is -2.29. The summed E-state index contributed by atoms with van der Waals surface area (Å²) < 4.78 is 5.73. The van der Waals surface area contributed by atoms with Crippen LogP contribution in [0.25, 0.3) is 0 Å². The molecule has 0 saturated heterocycles.